The molecule has 0 bridgehead atoms. The fraction of sp³-hybridized carbons (Fsp3) is 0.480. The molecule has 1 atom stereocenters. The summed E-state index contributed by atoms with van der Waals surface area (Å²) in [4.78, 5) is 1.99. The van der Waals surface area contributed by atoms with Gasteiger partial charge in [0.2, 0.25) is 10.0 Å². The zero-order chi connectivity index (χ0) is 24.1. The Bertz CT molecular complexity index is 1300. The highest BCUT2D eigenvalue weighted by Crippen LogP contribution is 2.42. The molecule has 0 radical (unpaired) electrons. The van der Waals surface area contributed by atoms with Crippen molar-refractivity contribution >= 4 is 20.9 Å². The number of halogens is 1. The minimum atomic E-state index is -3.70. The number of fused-ring (bicyclic) bond motifs is 1. The molecule has 2 heterocycles. The number of aryl methyl sites for hydroxylation is 1. The first-order valence-electron chi connectivity index (χ1n) is 11.3. The number of sulfonamides is 1. The van der Waals surface area contributed by atoms with Crippen LogP contribution in [0.25, 0.3) is 10.9 Å². The number of hydrogen-bond donors (Lipinski definition) is 1. The zero-order valence-corrected chi connectivity index (χ0v) is 20.6. The number of aromatic nitrogens is 1. The molecule has 1 N–H and O–H groups in total. The van der Waals surface area contributed by atoms with Gasteiger partial charge in [-0.25, -0.2) is 17.5 Å². The molecular weight excluding hydrogens is 439 g/mol. The molecule has 1 aromatic carbocycles. The minimum absolute atomic E-state index is 0.167. The molecule has 2 aromatic rings. The monoisotopic (exact) mass is 470 g/mol. The van der Waals surface area contributed by atoms with Gasteiger partial charge in [-0.3, -0.25) is 0 Å². The summed E-state index contributed by atoms with van der Waals surface area (Å²) in [6, 6.07) is 5.50. The highest BCUT2D eigenvalue weighted by molar-refractivity contribution is 7.93. The number of nitriles is 1. The summed E-state index contributed by atoms with van der Waals surface area (Å²) in [7, 11) is -1.89. The van der Waals surface area contributed by atoms with E-state index in [0.29, 0.717) is 16.5 Å². The highest BCUT2D eigenvalue weighted by atomic mass is 32.2. The van der Waals surface area contributed by atoms with Gasteiger partial charge in [-0.1, -0.05) is 18.9 Å². The second-order valence-electron chi connectivity index (χ2n) is 10.2. The molecule has 6 nitrogen and oxygen atoms in total. The van der Waals surface area contributed by atoms with Gasteiger partial charge in [0.15, 0.2) is 0 Å². The second-order valence-corrected chi connectivity index (χ2v) is 11.8. The molecule has 0 saturated heterocycles. The smallest absolute Gasteiger partial charge is 0.242 e. The molecule has 1 aromatic heterocycles. The van der Waals surface area contributed by atoms with Crippen LogP contribution < -0.4 is 4.72 Å². The summed E-state index contributed by atoms with van der Waals surface area (Å²) in [5.74, 6) is -0.330. The van der Waals surface area contributed by atoms with Crippen LogP contribution in [0, 0.1) is 24.1 Å². The highest BCUT2D eigenvalue weighted by Gasteiger charge is 2.33. The van der Waals surface area contributed by atoms with Gasteiger partial charge in [-0.05, 0) is 64.3 Å². The average molecular weight is 471 g/mol. The van der Waals surface area contributed by atoms with E-state index in [1.54, 1.807) is 40.0 Å². The van der Waals surface area contributed by atoms with Crippen molar-refractivity contribution in [1.82, 2.24) is 14.2 Å². The van der Waals surface area contributed by atoms with Gasteiger partial charge >= 0.3 is 0 Å². The van der Waals surface area contributed by atoms with E-state index >= 15 is 0 Å². The third-order valence-electron chi connectivity index (χ3n) is 6.37. The van der Waals surface area contributed by atoms with E-state index in [-0.39, 0.29) is 22.8 Å². The number of rotatable bonds is 4. The van der Waals surface area contributed by atoms with Crippen LogP contribution >= 0.6 is 0 Å². The van der Waals surface area contributed by atoms with Crippen LogP contribution in [0.3, 0.4) is 0 Å². The third kappa shape index (κ3) is 4.32. The van der Waals surface area contributed by atoms with Crippen LogP contribution in [0.5, 0.6) is 0 Å². The Morgan fingerprint density at radius 2 is 1.88 bits per heavy atom. The second kappa shape index (κ2) is 8.30. The van der Waals surface area contributed by atoms with Crippen molar-refractivity contribution in [3.05, 3.63) is 58.0 Å². The van der Waals surface area contributed by atoms with E-state index in [9.17, 15) is 18.1 Å². The first-order valence-corrected chi connectivity index (χ1v) is 12.8. The zero-order valence-electron chi connectivity index (χ0n) is 19.8. The number of nitrogens with one attached hydrogen (secondary N) is 1. The molecule has 1 saturated carbocycles. The van der Waals surface area contributed by atoms with Crippen LogP contribution in [-0.2, 0) is 10.0 Å². The molecule has 1 aliphatic carbocycles. The van der Waals surface area contributed by atoms with Crippen molar-refractivity contribution in [2.75, 3.05) is 7.05 Å². The summed E-state index contributed by atoms with van der Waals surface area (Å²) in [6.45, 7) is 7.13. The molecule has 2 aliphatic rings. The maximum absolute atomic E-state index is 14.5. The predicted octanol–water partition coefficient (Wildman–Crippen LogP) is 5.18. The van der Waals surface area contributed by atoms with E-state index in [1.165, 1.54) is 6.07 Å². The van der Waals surface area contributed by atoms with Crippen molar-refractivity contribution in [2.24, 2.45) is 0 Å². The first kappa shape index (κ1) is 23.5. The van der Waals surface area contributed by atoms with Crippen LogP contribution in [0.1, 0.15) is 75.4 Å². The van der Waals surface area contributed by atoms with Gasteiger partial charge in [0, 0.05) is 30.2 Å². The van der Waals surface area contributed by atoms with Gasteiger partial charge in [-0.15, -0.1) is 0 Å². The Kier molecular flexibility index (Phi) is 5.92. The Hall–Kier alpha value is -2.63. The van der Waals surface area contributed by atoms with Gasteiger partial charge in [0.1, 0.15) is 11.9 Å². The van der Waals surface area contributed by atoms with Crippen molar-refractivity contribution in [1.29, 1.82) is 5.26 Å². The SMILES string of the molecule is Cc1cc2c(cc1F)c(C#N)c(C1C=CC(S(=O)(=O)NC(C)(C)C)=CN1C)n2C1CCCC1. The Balaban J connectivity index is 1.85. The number of allylic oxidation sites excluding steroid dienone is 1. The maximum atomic E-state index is 14.5. The normalized spacial score (nSPS) is 19.8. The summed E-state index contributed by atoms with van der Waals surface area (Å²) in [5.41, 5.74) is 2.05. The topological polar surface area (TPSA) is 78.1 Å². The van der Waals surface area contributed by atoms with Crippen LogP contribution in [0.15, 0.2) is 35.4 Å². The maximum Gasteiger partial charge on any atom is 0.242 e. The lowest BCUT2D eigenvalue weighted by Gasteiger charge is -2.32. The Morgan fingerprint density at radius 3 is 2.45 bits per heavy atom. The molecule has 176 valence electrons. The quantitative estimate of drug-likeness (QED) is 0.668. The summed E-state index contributed by atoms with van der Waals surface area (Å²) in [6.07, 6.45) is 9.25. The molecule has 0 amide bonds. The Labute approximate surface area is 195 Å². The molecule has 1 aliphatic heterocycles. The van der Waals surface area contributed by atoms with Gasteiger partial charge in [0.25, 0.3) is 0 Å². The largest absolute Gasteiger partial charge is 0.367 e. The number of benzene rings is 1. The summed E-state index contributed by atoms with van der Waals surface area (Å²) in [5, 5.41) is 10.7. The van der Waals surface area contributed by atoms with E-state index in [0.717, 1.165) is 36.9 Å². The lowest BCUT2D eigenvalue weighted by Crippen LogP contribution is -2.41. The number of nitrogens with zero attached hydrogens (tertiary/aromatic N) is 3. The molecule has 1 unspecified atom stereocenters. The van der Waals surface area contributed by atoms with Crippen molar-refractivity contribution in [2.45, 2.75) is 71.0 Å². The average Bonchev–Trinajstić information content (AvgIpc) is 3.32. The van der Waals surface area contributed by atoms with E-state index in [2.05, 4.69) is 15.4 Å². The first-order chi connectivity index (χ1) is 15.4. The van der Waals surface area contributed by atoms with Crippen molar-refractivity contribution in [3.63, 3.8) is 0 Å². The van der Waals surface area contributed by atoms with E-state index in [1.807, 2.05) is 24.1 Å². The fourth-order valence-electron chi connectivity index (χ4n) is 4.97. The fourth-order valence-corrected chi connectivity index (χ4v) is 6.46. The van der Waals surface area contributed by atoms with Crippen LogP contribution in [0.2, 0.25) is 0 Å². The number of hydrogen-bond acceptors (Lipinski definition) is 4. The van der Waals surface area contributed by atoms with Crippen LogP contribution in [-0.4, -0.2) is 30.5 Å². The van der Waals surface area contributed by atoms with Gasteiger partial charge in [0.05, 0.1) is 27.7 Å². The number of likely N-dealkylation sites (N-methyl/N-ethyl adjacent to an activating group) is 1. The lowest BCUT2D eigenvalue weighted by molar-refractivity contribution is 0.360. The molecule has 1 fully saturated rings. The van der Waals surface area contributed by atoms with E-state index in [4.69, 9.17) is 0 Å². The molecular formula is C25H31FN4O2S. The third-order valence-corrected chi connectivity index (χ3v) is 8.11. The van der Waals surface area contributed by atoms with Crippen molar-refractivity contribution < 1.29 is 12.8 Å². The van der Waals surface area contributed by atoms with Gasteiger partial charge < -0.3 is 9.47 Å². The molecule has 4 rings (SSSR count). The van der Waals surface area contributed by atoms with Crippen LogP contribution in [0.4, 0.5) is 4.39 Å². The predicted molar refractivity (Wildman–Crippen MR) is 128 cm³/mol. The summed E-state index contributed by atoms with van der Waals surface area (Å²) < 4.78 is 45.1. The molecule has 8 heteroatoms. The van der Waals surface area contributed by atoms with Crippen molar-refractivity contribution in [3.8, 4) is 6.07 Å². The molecule has 0 spiro atoms. The minimum Gasteiger partial charge on any atom is -0.367 e. The lowest BCUT2D eigenvalue weighted by atomic mass is 10.0. The standard InChI is InChI=1S/C25H31FN4O2S/c1-16-12-23-19(13-21(16)26)20(14-27)24(30(23)17-8-6-7-9-17)22-11-10-18(15-29(22)5)33(31,32)28-25(2,3)4/h10-13,15,17,22,28H,6-9H2,1-5H3. The molecule has 33 heavy (non-hydrogen) atoms. The Morgan fingerprint density at radius 1 is 1.21 bits per heavy atom. The van der Waals surface area contributed by atoms with E-state index < -0.39 is 15.6 Å². The summed E-state index contributed by atoms with van der Waals surface area (Å²) >= 11 is 0. The van der Waals surface area contributed by atoms with Gasteiger partial charge in [-0.2, -0.15) is 5.26 Å².